The maximum absolute atomic E-state index is 11.6. The predicted octanol–water partition coefficient (Wildman–Crippen LogP) is 0.819. The van der Waals surface area contributed by atoms with Crippen molar-refractivity contribution in [2.75, 3.05) is 19.6 Å². The van der Waals surface area contributed by atoms with E-state index in [-0.39, 0.29) is 24.4 Å². The van der Waals surface area contributed by atoms with Gasteiger partial charge in [0.05, 0.1) is 13.1 Å². The van der Waals surface area contributed by atoms with Gasteiger partial charge in [-0.15, -0.1) is 23.7 Å². The summed E-state index contributed by atoms with van der Waals surface area (Å²) in [5, 5.41) is 4.93. The second-order valence-electron chi connectivity index (χ2n) is 4.14. The highest BCUT2D eigenvalue weighted by atomic mass is 35.5. The molecule has 1 aliphatic heterocycles. The Labute approximate surface area is 112 Å². The van der Waals surface area contributed by atoms with Gasteiger partial charge in [-0.2, -0.15) is 0 Å². The molecule has 1 fully saturated rings. The summed E-state index contributed by atoms with van der Waals surface area (Å²) in [7, 11) is 0. The molecule has 0 aromatic carbocycles. The summed E-state index contributed by atoms with van der Waals surface area (Å²) in [5.74, 6) is 0.0856. The van der Waals surface area contributed by atoms with E-state index in [0.29, 0.717) is 13.1 Å². The van der Waals surface area contributed by atoms with Crippen LogP contribution in [0.5, 0.6) is 0 Å². The zero-order valence-corrected chi connectivity index (χ0v) is 11.2. The molecule has 17 heavy (non-hydrogen) atoms. The van der Waals surface area contributed by atoms with Crippen molar-refractivity contribution in [3.05, 3.63) is 22.4 Å². The molecule has 0 radical (unpaired) electrons. The van der Waals surface area contributed by atoms with E-state index in [9.17, 15) is 4.79 Å². The largest absolute Gasteiger partial charge is 0.350 e. The molecule has 0 spiro atoms. The van der Waals surface area contributed by atoms with Gasteiger partial charge in [0.2, 0.25) is 5.91 Å². The molecule has 1 aromatic rings. The highest BCUT2D eigenvalue weighted by Gasteiger charge is 2.20. The molecule has 1 saturated heterocycles. The fourth-order valence-corrected chi connectivity index (χ4v) is 2.51. The molecular formula is C11H18ClN3OS. The van der Waals surface area contributed by atoms with Crippen LogP contribution in [-0.2, 0) is 11.3 Å². The Bertz CT molecular complexity index is 344. The number of likely N-dealkylation sites (tertiary alicyclic amines) is 1. The van der Waals surface area contributed by atoms with E-state index < -0.39 is 0 Å². The summed E-state index contributed by atoms with van der Waals surface area (Å²) < 4.78 is 0. The number of nitrogens with two attached hydrogens (primary N) is 1. The minimum Gasteiger partial charge on any atom is -0.350 e. The van der Waals surface area contributed by atoms with E-state index in [4.69, 9.17) is 5.73 Å². The van der Waals surface area contributed by atoms with Crippen LogP contribution in [0.2, 0.25) is 0 Å². The third-order valence-electron chi connectivity index (χ3n) is 2.72. The van der Waals surface area contributed by atoms with Gasteiger partial charge in [0, 0.05) is 24.0 Å². The minimum atomic E-state index is 0. The van der Waals surface area contributed by atoms with Crippen molar-refractivity contribution in [2.45, 2.75) is 19.0 Å². The van der Waals surface area contributed by atoms with Crippen molar-refractivity contribution >= 4 is 29.7 Å². The Morgan fingerprint density at radius 1 is 1.65 bits per heavy atom. The zero-order chi connectivity index (χ0) is 11.4. The topological polar surface area (TPSA) is 58.4 Å². The Hall–Kier alpha value is -0.620. The van der Waals surface area contributed by atoms with E-state index in [2.05, 4.69) is 10.2 Å². The highest BCUT2D eigenvalue weighted by Crippen LogP contribution is 2.08. The Kier molecular flexibility index (Phi) is 5.91. The molecule has 4 nitrogen and oxygen atoms in total. The van der Waals surface area contributed by atoms with Crippen LogP contribution < -0.4 is 11.1 Å². The van der Waals surface area contributed by atoms with Gasteiger partial charge in [-0.3, -0.25) is 9.69 Å². The van der Waals surface area contributed by atoms with Crippen molar-refractivity contribution in [2.24, 2.45) is 5.73 Å². The minimum absolute atomic E-state index is 0. The maximum atomic E-state index is 11.6. The van der Waals surface area contributed by atoms with Gasteiger partial charge in [0.1, 0.15) is 0 Å². The number of carbonyl (C=O) groups is 1. The average Bonchev–Trinajstić information content (AvgIpc) is 2.87. The van der Waals surface area contributed by atoms with Crippen LogP contribution >= 0.6 is 23.7 Å². The van der Waals surface area contributed by atoms with Crippen LogP contribution in [0.25, 0.3) is 0 Å². The van der Waals surface area contributed by atoms with Gasteiger partial charge in [0.25, 0.3) is 0 Å². The van der Waals surface area contributed by atoms with Crippen molar-refractivity contribution in [3.63, 3.8) is 0 Å². The molecule has 2 heterocycles. The molecule has 6 heteroatoms. The quantitative estimate of drug-likeness (QED) is 0.855. The number of hydrogen-bond acceptors (Lipinski definition) is 4. The smallest absolute Gasteiger partial charge is 0.234 e. The van der Waals surface area contributed by atoms with Crippen molar-refractivity contribution < 1.29 is 4.79 Å². The lowest BCUT2D eigenvalue weighted by molar-refractivity contribution is -0.122. The van der Waals surface area contributed by atoms with Crippen molar-refractivity contribution in [1.29, 1.82) is 0 Å². The number of nitrogens with zero attached hydrogens (tertiary/aromatic N) is 1. The number of carbonyl (C=O) groups excluding carboxylic acids is 1. The lowest BCUT2D eigenvalue weighted by Gasteiger charge is -2.14. The zero-order valence-electron chi connectivity index (χ0n) is 9.59. The van der Waals surface area contributed by atoms with Crippen molar-refractivity contribution in [1.82, 2.24) is 10.2 Å². The number of hydrogen-bond donors (Lipinski definition) is 2. The first kappa shape index (κ1) is 14.4. The van der Waals surface area contributed by atoms with Crippen LogP contribution in [-0.4, -0.2) is 36.5 Å². The molecule has 0 unspecified atom stereocenters. The van der Waals surface area contributed by atoms with Crippen LogP contribution in [0.3, 0.4) is 0 Å². The first-order chi connectivity index (χ1) is 7.74. The summed E-state index contributed by atoms with van der Waals surface area (Å²) >= 11 is 1.66. The van der Waals surface area contributed by atoms with Gasteiger partial charge in [-0.05, 0) is 17.9 Å². The van der Waals surface area contributed by atoms with Gasteiger partial charge in [-0.1, -0.05) is 6.07 Å². The standard InChI is InChI=1S/C11H17N3OS.ClH/c12-9-3-4-14(7-9)8-11(15)13-6-10-2-1-5-16-10;/h1-2,5,9H,3-4,6-8,12H2,(H,13,15);1H/t9-;/m1./s1. The Morgan fingerprint density at radius 3 is 3.06 bits per heavy atom. The van der Waals surface area contributed by atoms with Gasteiger partial charge < -0.3 is 11.1 Å². The first-order valence-corrected chi connectivity index (χ1v) is 6.39. The highest BCUT2D eigenvalue weighted by molar-refractivity contribution is 7.09. The summed E-state index contributed by atoms with van der Waals surface area (Å²) in [6, 6.07) is 4.26. The van der Waals surface area contributed by atoms with Gasteiger partial charge in [-0.25, -0.2) is 0 Å². The van der Waals surface area contributed by atoms with E-state index >= 15 is 0 Å². The molecule has 96 valence electrons. The molecule has 1 aromatic heterocycles. The number of thiophene rings is 1. The normalized spacial score (nSPS) is 19.9. The first-order valence-electron chi connectivity index (χ1n) is 5.51. The monoisotopic (exact) mass is 275 g/mol. The molecule has 1 aliphatic rings. The van der Waals surface area contributed by atoms with E-state index in [1.54, 1.807) is 11.3 Å². The number of amides is 1. The van der Waals surface area contributed by atoms with Crippen LogP contribution in [0.4, 0.5) is 0 Å². The fraction of sp³-hybridized carbons (Fsp3) is 0.545. The maximum Gasteiger partial charge on any atom is 0.234 e. The second-order valence-corrected chi connectivity index (χ2v) is 5.17. The van der Waals surface area contributed by atoms with Crippen LogP contribution in [0, 0.1) is 0 Å². The SMILES string of the molecule is Cl.N[C@@H]1CCN(CC(=O)NCc2cccs2)C1. The van der Waals surface area contributed by atoms with E-state index in [1.165, 1.54) is 4.88 Å². The molecular weight excluding hydrogens is 258 g/mol. The second kappa shape index (κ2) is 6.96. The Morgan fingerprint density at radius 2 is 2.47 bits per heavy atom. The third kappa shape index (κ3) is 4.63. The number of nitrogens with one attached hydrogen (secondary N) is 1. The summed E-state index contributed by atoms with van der Waals surface area (Å²) in [6.07, 6.45) is 0.998. The van der Waals surface area contributed by atoms with Gasteiger partial charge in [0.15, 0.2) is 0 Å². The van der Waals surface area contributed by atoms with E-state index in [0.717, 1.165) is 19.5 Å². The molecule has 1 amide bonds. The van der Waals surface area contributed by atoms with Gasteiger partial charge >= 0.3 is 0 Å². The number of rotatable bonds is 4. The fourth-order valence-electron chi connectivity index (χ4n) is 1.86. The lowest BCUT2D eigenvalue weighted by Crippen LogP contribution is -2.36. The molecule has 2 rings (SSSR count). The van der Waals surface area contributed by atoms with E-state index in [1.807, 2.05) is 17.5 Å². The molecule has 0 saturated carbocycles. The number of halogens is 1. The molecule has 0 bridgehead atoms. The van der Waals surface area contributed by atoms with Crippen LogP contribution in [0.1, 0.15) is 11.3 Å². The van der Waals surface area contributed by atoms with Crippen LogP contribution in [0.15, 0.2) is 17.5 Å². The third-order valence-corrected chi connectivity index (χ3v) is 3.59. The Balaban J connectivity index is 0.00000144. The van der Waals surface area contributed by atoms with Crippen molar-refractivity contribution in [3.8, 4) is 0 Å². The molecule has 1 atom stereocenters. The lowest BCUT2D eigenvalue weighted by atomic mass is 10.3. The molecule has 0 aliphatic carbocycles. The molecule has 3 N–H and O–H groups in total. The average molecular weight is 276 g/mol. The summed E-state index contributed by atoms with van der Waals surface area (Å²) in [4.78, 5) is 14.9. The summed E-state index contributed by atoms with van der Waals surface area (Å²) in [5.41, 5.74) is 5.78. The summed E-state index contributed by atoms with van der Waals surface area (Å²) in [6.45, 7) is 2.88. The predicted molar refractivity (Wildman–Crippen MR) is 72.4 cm³/mol.